The van der Waals surface area contributed by atoms with Crippen molar-refractivity contribution in [2.75, 3.05) is 0 Å². The van der Waals surface area contributed by atoms with Crippen LogP contribution >= 0.6 is 0 Å². The first-order valence-corrected chi connectivity index (χ1v) is 5.02. The Labute approximate surface area is 90.0 Å². The fraction of sp³-hybridized carbons (Fsp3) is 0.333. The van der Waals surface area contributed by atoms with Crippen LogP contribution in [0.5, 0.6) is 5.75 Å². The summed E-state index contributed by atoms with van der Waals surface area (Å²) in [6.07, 6.45) is 1.20. The van der Waals surface area contributed by atoms with Gasteiger partial charge < -0.3 is 9.47 Å². The number of hydrogen-bond acceptors (Lipinski definition) is 3. The van der Waals surface area contributed by atoms with Crippen molar-refractivity contribution in [2.45, 2.75) is 26.7 Å². The van der Waals surface area contributed by atoms with Gasteiger partial charge in [0.2, 0.25) is 0 Å². The van der Waals surface area contributed by atoms with Crippen molar-refractivity contribution in [3.05, 3.63) is 36.4 Å². The lowest BCUT2D eigenvalue weighted by Gasteiger charge is -2.08. The van der Waals surface area contributed by atoms with Crippen LogP contribution < -0.4 is 4.74 Å². The molecule has 0 aromatic heterocycles. The molecule has 15 heavy (non-hydrogen) atoms. The molecule has 0 unspecified atom stereocenters. The topological polar surface area (TPSA) is 35.5 Å². The van der Waals surface area contributed by atoms with Crippen molar-refractivity contribution < 1.29 is 14.3 Å². The molecule has 0 amide bonds. The highest BCUT2D eigenvalue weighted by atomic mass is 16.7. The van der Waals surface area contributed by atoms with E-state index in [2.05, 4.69) is 11.7 Å². The molecule has 81 valence electrons. The molecule has 0 N–H and O–H groups in total. The van der Waals surface area contributed by atoms with Gasteiger partial charge in [0.1, 0.15) is 12.4 Å². The first-order valence-electron chi connectivity index (χ1n) is 5.02. The Morgan fingerprint density at radius 1 is 1.40 bits per heavy atom. The van der Waals surface area contributed by atoms with Gasteiger partial charge in [-0.15, -0.1) is 0 Å². The fourth-order valence-corrected chi connectivity index (χ4v) is 1.29. The molecule has 0 atom stereocenters. The Morgan fingerprint density at radius 3 is 2.80 bits per heavy atom. The first-order chi connectivity index (χ1) is 7.27. The molecule has 1 rings (SSSR count). The summed E-state index contributed by atoms with van der Waals surface area (Å²) in [6, 6.07) is 7.47. The zero-order chi connectivity index (χ0) is 11.1. The third-order valence-electron chi connectivity index (χ3n) is 1.90. The van der Waals surface area contributed by atoms with Crippen LogP contribution in [-0.4, -0.2) is 6.16 Å². The highest BCUT2D eigenvalue weighted by Gasteiger charge is 2.08. The summed E-state index contributed by atoms with van der Waals surface area (Å²) < 4.78 is 9.64. The zero-order valence-electron chi connectivity index (χ0n) is 9.03. The third-order valence-corrected chi connectivity index (χ3v) is 1.90. The fourth-order valence-electron chi connectivity index (χ4n) is 1.29. The SMILES string of the molecule is C[CH]OC(=O)Oc1ccccc1CCC. The van der Waals surface area contributed by atoms with Crippen LogP contribution in [0.2, 0.25) is 0 Å². The van der Waals surface area contributed by atoms with Crippen LogP contribution in [0.4, 0.5) is 4.79 Å². The van der Waals surface area contributed by atoms with E-state index in [1.807, 2.05) is 18.2 Å². The van der Waals surface area contributed by atoms with Crippen molar-refractivity contribution in [1.82, 2.24) is 0 Å². The molecule has 3 nitrogen and oxygen atoms in total. The molecule has 1 aromatic carbocycles. The molecule has 0 bridgehead atoms. The lowest BCUT2D eigenvalue weighted by molar-refractivity contribution is 0.123. The second-order valence-corrected chi connectivity index (χ2v) is 3.06. The Kier molecular flexibility index (Phi) is 4.68. The number of ether oxygens (including phenoxy) is 2. The normalized spacial score (nSPS) is 9.73. The Morgan fingerprint density at radius 2 is 2.13 bits per heavy atom. The summed E-state index contributed by atoms with van der Waals surface area (Å²) in [6.45, 7) is 5.00. The molecular weight excluding hydrogens is 192 g/mol. The van der Waals surface area contributed by atoms with E-state index >= 15 is 0 Å². The summed E-state index contributed by atoms with van der Waals surface area (Å²) in [7, 11) is 0. The molecule has 1 radical (unpaired) electrons. The van der Waals surface area contributed by atoms with Gasteiger partial charge in [0.05, 0.1) is 0 Å². The number of benzene rings is 1. The maximum Gasteiger partial charge on any atom is 0.514 e. The molecule has 0 aliphatic rings. The third kappa shape index (κ3) is 3.62. The van der Waals surface area contributed by atoms with Gasteiger partial charge in [0.15, 0.2) is 0 Å². The lowest BCUT2D eigenvalue weighted by atomic mass is 10.1. The Bertz CT molecular complexity index is 320. The summed E-state index contributed by atoms with van der Waals surface area (Å²) in [5.41, 5.74) is 1.02. The number of hydrogen-bond donors (Lipinski definition) is 0. The number of carbonyl (C=O) groups excluding carboxylic acids is 1. The van der Waals surface area contributed by atoms with Crippen molar-refractivity contribution >= 4 is 6.16 Å². The minimum Gasteiger partial charge on any atom is -0.427 e. The minimum atomic E-state index is -0.693. The summed E-state index contributed by atoms with van der Waals surface area (Å²) in [5.74, 6) is 0.575. The van der Waals surface area contributed by atoms with Crippen molar-refractivity contribution in [2.24, 2.45) is 0 Å². The molecule has 0 fully saturated rings. The highest BCUT2D eigenvalue weighted by molar-refractivity contribution is 5.64. The Balaban J connectivity index is 2.70. The first kappa shape index (κ1) is 11.6. The maximum atomic E-state index is 11.1. The van der Waals surface area contributed by atoms with Gasteiger partial charge in [-0.3, -0.25) is 0 Å². The summed E-state index contributed by atoms with van der Waals surface area (Å²) >= 11 is 0. The lowest BCUT2D eigenvalue weighted by Crippen LogP contribution is -2.09. The second kappa shape index (κ2) is 6.06. The average molecular weight is 207 g/mol. The number of para-hydroxylation sites is 1. The smallest absolute Gasteiger partial charge is 0.427 e. The van der Waals surface area contributed by atoms with E-state index in [-0.39, 0.29) is 0 Å². The van der Waals surface area contributed by atoms with Gasteiger partial charge in [0.25, 0.3) is 0 Å². The monoisotopic (exact) mass is 207 g/mol. The molecular formula is C12H15O3. The molecule has 0 spiro atoms. The highest BCUT2D eigenvalue weighted by Crippen LogP contribution is 2.19. The molecule has 0 aliphatic carbocycles. The molecule has 0 heterocycles. The minimum absolute atomic E-state index is 0.575. The zero-order valence-corrected chi connectivity index (χ0v) is 9.03. The van der Waals surface area contributed by atoms with E-state index in [0.29, 0.717) is 5.75 Å². The van der Waals surface area contributed by atoms with Crippen molar-refractivity contribution in [3.63, 3.8) is 0 Å². The van der Waals surface area contributed by atoms with Crippen LogP contribution in [-0.2, 0) is 11.2 Å². The maximum absolute atomic E-state index is 11.1. The number of carbonyl (C=O) groups is 1. The van der Waals surface area contributed by atoms with Gasteiger partial charge in [-0.25, -0.2) is 4.79 Å². The predicted molar refractivity (Wildman–Crippen MR) is 57.5 cm³/mol. The van der Waals surface area contributed by atoms with Gasteiger partial charge in [-0.2, -0.15) is 0 Å². The van der Waals surface area contributed by atoms with Gasteiger partial charge in [-0.1, -0.05) is 31.5 Å². The molecule has 1 aromatic rings. The standard InChI is InChI=1S/C12H15O3/c1-3-7-10-8-5-6-9-11(10)15-12(13)14-4-2/h4-6,8-9H,3,7H2,1-2H3. The van der Waals surface area contributed by atoms with Crippen LogP contribution in [0, 0.1) is 6.61 Å². The van der Waals surface area contributed by atoms with Crippen molar-refractivity contribution in [3.8, 4) is 5.75 Å². The predicted octanol–water partition coefficient (Wildman–Crippen LogP) is 3.34. The van der Waals surface area contributed by atoms with E-state index in [4.69, 9.17) is 4.74 Å². The largest absolute Gasteiger partial charge is 0.514 e. The van der Waals surface area contributed by atoms with Gasteiger partial charge >= 0.3 is 6.16 Å². The second-order valence-electron chi connectivity index (χ2n) is 3.06. The summed E-state index contributed by atoms with van der Waals surface area (Å²) in [4.78, 5) is 11.1. The van der Waals surface area contributed by atoms with Crippen molar-refractivity contribution in [1.29, 1.82) is 0 Å². The quantitative estimate of drug-likeness (QED) is 0.561. The van der Waals surface area contributed by atoms with Crippen LogP contribution in [0.25, 0.3) is 0 Å². The van der Waals surface area contributed by atoms with E-state index in [1.54, 1.807) is 13.0 Å². The molecule has 3 heteroatoms. The molecule has 0 saturated heterocycles. The van der Waals surface area contributed by atoms with E-state index in [1.165, 1.54) is 6.61 Å². The number of aryl methyl sites for hydroxylation is 1. The van der Waals surface area contributed by atoms with Gasteiger partial charge in [0, 0.05) is 0 Å². The van der Waals surface area contributed by atoms with Crippen LogP contribution in [0.15, 0.2) is 24.3 Å². The van der Waals surface area contributed by atoms with Gasteiger partial charge in [-0.05, 0) is 25.0 Å². The number of rotatable bonds is 4. The van der Waals surface area contributed by atoms with Crippen LogP contribution in [0.3, 0.4) is 0 Å². The summed E-state index contributed by atoms with van der Waals surface area (Å²) in [5, 5.41) is 0. The van der Waals surface area contributed by atoms with E-state index < -0.39 is 6.16 Å². The Hall–Kier alpha value is -1.51. The van der Waals surface area contributed by atoms with E-state index in [0.717, 1.165) is 18.4 Å². The van der Waals surface area contributed by atoms with Crippen LogP contribution in [0.1, 0.15) is 25.8 Å². The van der Waals surface area contributed by atoms with E-state index in [9.17, 15) is 4.79 Å². The molecule has 0 aliphatic heterocycles. The average Bonchev–Trinajstić information content (AvgIpc) is 2.21. The molecule has 0 saturated carbocycles.